The van der Waals surface area contributed by atoms with Crippen LogP contribution in [-0.2, 0) is 16.6 Å². The van der Waals surface area contributed by atoms with Crippen LogP contribution in [-0.4, -0.2) is 13.4 Å². The Balaban J connectivity index is 2.30. The summed E-state index contributed by atoms with van der Waals surface area (Å²) in [5.41, 5.74) is 1.73. The summed E-state index contributed by atoms with van der Waals surface area (Å²) in [5, 5.41) is 0.127. The van der Waals surface area contributed by atoms with Gasteiger partial charge in [-0.3, -0.25) is 4.98 Å². The second-order valence-electron chi connectivity index (χ2n) is 4.33. The Labute approximate surface area is 141 Å². The molecule has 0 aliphatic heterocycles. The SMILES string of the molecule is Cc1cnccc1CNS(=O)(=O)c1c(Cl)cc(Br)cc1Cl. The van der Waals surface area contributed by atoms with Crippen LogP contribution in [0.15, 0.2) is 40.0 Å². The van der Waals surface area contributed by atoms with Crippen LogP contribution in [0, 0.1) is 6.92 Å². The van der Waals surface area contributed by atoms with E-state index in [0.29, 0.717) is 4.47 Å². The number of pyridine rings is 1. The number of benzene rings is 1. The molecule has 0 fully saturated rings. The summed E-state index contributed by atoms with van der Waals surface area (Å²) in [4.78, 5) is 3.84. The molecule has 1 heterocycles. The summed E-state index contributed by atoms with van der Waals surface area (Å²) >= 11 is 15.2. The van der Waals surface area contributed by atoms with Gasteiger partial charge >= 0.3 is 0 Å². The van der Waals surface area contributed by atoms with E-state index in [9.17, 15) is 8.42 Å². The first-order valence-electron chi connectivity index (χ1n) is 5.85. The summed E-state index contributed by atoms with van der Waals surface area (Å²) in [5.74, 6) is 0. The van der Waals surface area contributed by atoms with Gasteiger partial charge in [0.25, 0.3) is 0 Å². The first-order chi connectivity index (χ1) is 9.81. The van der Waals surface area contributed by atoms with Gasteiger partial charge in [0, 0.05) is 23.4 Å². The lowest BCUT2D eigenvalue weighted by Crippen LogP contribution is -2.24. The number of rotatable bonds is 4. The van der Waals surface area contributed by atoms with Crippen LogP contribution >= 0.6 is 39.1 Å². The van der Waals surface area contributed by atoms with Crippen molar-refractivity contribution in [1.82, 2.24) is 9.71 Å². The minimum absolute atomic E-state index is 0.0633. The van der Waals surface area contributed by atoms with Crippen LogP contribution in [0.2, 0.25) is 10.0 Å². The molecule has 0 bridgehead atoms. The van der Waals surface area contributed by atoms with E-state index in [2.05, 4.69) is 25.6 Å². The molecule has 21 heavy (non-hydrogen) atoms. The smallest absolute Gasteiger partial charge is 0.243 e. The van der Waals surface area contributed by atoms with E-state index in [4.69, 9.17) is 23.2 Å². The van der Waals surface area contributed by atoms with Crippen molar-refractivity contribution in [3.8, 4) is 0 Å². The number of hydrogen-bond donors (Lipinski definition) is 1. The first-order valence-corrected chi connectivity index (χ1v) is 8.88. The molecule has 0 atom stereocenters. The summed E-state index contributed by atoms with van der Waals surface area (Å²) in [6, 6.07) is 4.72. The van der Waals surface area contributed by atoms with Gasteiger partial charge in [-0.05, 0) is 36.2 Å². The van der Waals surface area contributed by atoms with Gasteiger partial charge in [0.15, 0.2) is 0 Å². The molecule has 0 saturated carbocycles. The Bertz CT molecular complexity index is 758. The van der Waals surface area contributed by atoms with E-state index < -0.39 is 10.0 Å². The number of aromatic nitrogens is 1. The second kappa shape index (κ2) is 6.62. The number of halogens is 3. The van der Waals surface area contributed by atoms with E-state index in [1.165, 1.54) is 12.1 Å². The zero-order valence-corrected chi connectivity index (χ0v) is 14.8. The number of sulfonamides is 1. The molecule has 0 amide bonds. The Hall–Kier alpha value is -0.660. The Morgan fingerprint density at radius 2 is 1.90 bits per heavy atom. The third-order valence-corrected chi connectivity index (χ3v) is 5.60. The average Bonchev–Trinajstić information content (AvgIpc) is 2.36. The van der Waals surface area contributed by atoms with Gasteiger partial charge in [0.2, 0.25) is 10.0 Å². The molecule has 2 rings (SSSR count). The molecule has 1 N–H and O–H groups in total. The first kappa shape index (κ1) is 16.7. The zero-order valence-electron chi connectivity index (χ0n) is 10.9. The molecule has 0 saturated heterocycles. The minimum atomic E-state index is -3.81. The minimum Gasteiger partial charge on any atom is -0.264 e. The van der Waals surface area contributed by atoms with E-state index in [1.54, 1.807) is 18.5 Å². The van der Waals surface area contributed by atoms with Gasteiger partial charge in [-0.15, -0.1) is 0 Å². The fourth-order valence-electron chi connectivity index (χ4n) is 1.73. The molecule has 1 aromatic carbocycles. The van der Waals surface area contributed by atoms with Crippen LogP contribution < -0.4 is 4.72 Å². The van der Waals surface area contributed by atoms with Crippen molar-refractivity contribution in [2.45, 2.75) is 18.4 Å². The van der Waals surface area contributed by atoms with E-state index in [-0.39, 0.29) is 21.5 Å². The predicted molar refractivity (Wildman–Crippen MR) is 87.2 cm³/mol. The highest BCUT2D eigenvalue weighted by molar-refractivity contribution is 9.10. The van der Waals surface area contributed by atoms with Crippen LogP contribution in [0.3, 0.4) is 0 Å². The summed E-state index contributed by atoms with van der Waals surface area (Å²) < 4.78 is 27.8. The van der Waals surface area contributed by atoms with Crippen LogP contribution in [0.25, 0.3) is 0 Å². The highest BCUT2D eigenvalue weighted by atomic mass is 79.9. The second-order valence-corrected chi connectivity index (χ2v) is 7.76. The largest absolute Gasteiger partial charge is 0.264 e. The number of aryl methyl sites for hydroxylation is 1. The van der Waals surface area contributed by atoms with Crippen LogP contribution in [0.4, 0.5) is 0 Å². The van der Waals surface area contributed by atoms with Crippen LogP contribution in [0.1, 0.15) is 11.1 Å². The van der Waals surface area contributed by atoms with Crippen molar-refractivity contribution in [3.05, 3.63) is 56.2 Å². The summed E-state index contributed by atoms with van der Waals surface area (Å²) in [6.45, 7) is 2.00. The molecule has 0 unspecified atom stereocenters. The van der Waals surface area contributed by atoms with Gasteiger partial charge in [-0.1, -0.05) is 39.1 Å². The average molecular weight is 410 g/mol. The van der Waals surface area contributed by atoms with Gasteiger partial charge in [-0.25, -0.2) is 13.1 Å². The van der Waals surface area contributed by atoms with Crippen molar-refractivity contribution in [2.24, 2.45) is 0 Å². The highest BCUT2D eigenvalue weighted by Gasteiger charge is 2.22. The third kappa shape index (κ3) is 3.96. The summed E-state index contributed by atoms with van der Waals surface area (Å²) in [6.07, 6.45) is 3.28. The fourth-order valence-corrected chi connectivity index (χ4v) is 4.67. The standard InChI is InChI=1S/C13H11BrCl2N2O2S/c1-8-6-17-3-2-9(8)7-18-21(19,20)13-11(15)4-10(14)5-12(13)16/h2-6,18H,7H2,1H3. The van der Waals surface area contributed by atoms with Crippen molar-refractivity contribution >= 4 is 49.2 Å². The fraction of sp³-hybridized carbons (Fsp3) is 0.154. The lowest BCUT2D eigenvalue weighted by Gasteiger charge is -2.11. The third-order valence-electron chi connectivity index (χ3n) is 2.82. The van der Waals surface area contributed by atoms with Crippen LogP contribution in [0.5, 0.6) is 0 Å². The van der Waals surface area contributed by atoms with E-state index in [0.717, 1.165) is 11.1 Å². The Morgan fingerprint density at radius 3 is 2.48 bits per heavy atom. The maximum atomic E-state index is 12.4. The quantitative estimate of drug-likeness (QED) is 0.831. The highest BCUT2D eigenvalue weighted by Crippen LogP contribution is 2.32. The predicted octanol–water partition coefficient (Wildman–Crippen LogP) is 3.94. The lowest BCUT2D eigenvalue weighted by atomic mass is 10.2. The van der Waals surface area contributed by atoms with Gasteiger partial charge in [0.1, 0.15) is 4.90 Å². The zero-order chi connectivity index (χ0) is 15.6. The maximum absolute atomic E-state index is 12.4. The molecule has 0 aliphatic rings. The summed E-state index contributed by atoms with van der Waals surface area (Å²) in [7, 11) is -3.81. The molecule has 0 aliphatic carbocycles. The van der Waals surface area contributed by atoms with Gasteiger partial charge in [0.05, 0.1) is 10.0 Å². The molecule has 8 heteroatoms. The Morgan fingerprint density at radius 1 is 1.29 bits per heavy atom. The lowest BCUT2D eigenvalue weighted by molar-refractivity contribution is 0.581. The monoisotopic (exact) mass is 408 g/mol. The maximum Gasteiger partial charge on any atom is 0.243 e. The topological polar surface area (TPSA) is 59.1 Å². The molecule has 0 spiro atoms. The molecule has 4 nitrogen and oxygen atoms in total. The van der Waals surface area contributed by atoms with E-state index >= 15 is 0 Å². The number of nitrogens with one attached hydrogen (secondary N) is 1. The molecule has 0 radical (unpaired) electrons. The van der Waals surface area contributed by atoms with Gasteiger partial charge in [-0.2, -0.15) is 0 Å². The van der Waals surface area contributed by atoms with Crippen molar-refractivity contribution in [2.75, 3.05) is 0 Å². The van der Waals surface area contributed by atoms with E-state index in [1.807, 2.05) is 6.92 Å². The van der Waals surface area contributed by atoms with Gasteiger partial charge < -0.3 is 0 Å². The molecular weight excluding hydrogens is 399 g/mol. The molecular formula is C13H11BrCl2N2O2S. The number of hydrogen-bond acceptors (Lipinski definition) is 3. The van der Waals surface area contributed by atoms with Crippen molar-refractivity contribution in [3.63, 3.8) is 0 Å². The molecule has 2 aromatic rings. The molecule has 112 valence electrons. The van der Waals surface area contributed by atoms with Crippen molar-refractivity contribution < 1.29 is 8.42 Å². The normalized spacial score (nSPS) is 11.6. The van der Waals surface area contributed by atoms with Crippen molar-refractivity contribution in [1.29, 1.82) is 0 Å². The number of nitrogens with zero attached hydrogens (tertiary/aromatic N) is 1. The molecule has 1 aromatic heterocycles. The Kier molecular flexibility index (Phi) is 5.27.